The Morgan fingerprint density at radius 3 is 2.36 bits per heavy atom. The minimum absolute atomic E-state index is 0.0520. The number of benzene rings is 1. The molecule has 1 aliphatic heterocycles. The number of alkyl halides is 3. The van der Waals surface area contributed by atoms with Crippen molar-refractivity contribution < 1.29 is 32.5 Å². The molecule has 1 spiro atoms. The SMILES string of the molecule is COCC#C[C@]1(O)CC[C@]2(CCN(c3ccc(OC(F)(F)F)cc3)C2=O)CC1. The molecule has 1 aliphatic carbocycles. The largest absolute Gasteiger partial charge is 0.573 e. The summed E-state index contributed by atoms with van der Waals surface area (Å²) in [5, 5.41) is 10.6. The van der Waals surface area contributed by atoms with E-state index >= 15 is 0 Å². The lowest BCUT2D eigenvalue weighted by Crippen LogP contribution is -2.43. The lowest BCUT2D eigenvalue weighted by atomic mass is 9.68. The van der Waals surface area contributed by atoms with E-state index in [1.807, 2.05) is 0 Å². The van der Waals surface area contributed by atoms with Crippen molar-refractivity contribution in [2.45, 2.75) is 44.1 Å². The molecule has 1 saturated carbocycles. The van der Waals surface area contributed by atoms with Crippen molar-refractivity contribution >= 4 is 11.6 Å². The fraction of sp³-hybridized carbons (Fsp3) is 0.550. The third-order valence-electron chi connectivity index (χ3n) is 5.47. The number of hydrogen-bond acceptors (Lipinski definition) is 4. The Morgan fingerprint density at radius 2 is 1.79 bits per heavy atom. The van der Waals surface area contributed by atoms with Crippen LogP contribution in [-0.4, -0.2) is 43.2 Å². The number of carbonyl (C=O) groups excluding carboxylic acids is 1. The van der Waals surface area contributed by atoms with Crippen LogP contribution >= 0.6 is 0 Å². The maximum Gasteiger partial charge on any atom is 0.573 e. The zero-order valence-electron chi connectivity index (χ0n) is 15.5. The molecule has 0 bridgehead atoms. The van der Waals surface area contributed by atoms with Gasteiger partial charge in [0.05, 0.1) is 5.41 Å². The molecule has 0 aromatic heterocycles. The Labute approximate surface area is 161 Å². The highest BCUT2D eigenvalue weighted by molar-refractivity contribution is 6.00. The Kier molecular flexibility index (Phi) is 5.60. The molecular formula is C20H22F3NO4. The summed E-state index contributed by atoms with van der Waals surface area (Å²) in [5.74, 6) is 5.24. The summed E-state index contributed by atoms with van der Waals surface area (Å²) in [6, 6.07) is 5.30. The number of ether oxygens (including phenoxy) is 2. The molecule has 0 atom stereocenters. The zero-order valence-corrected chi connectivity index (χ0v) is 15.5. The molecule has 0 unspecified atom stereocenters. The maximum atomic E-state index is 13.0. The smallest absolute Gasteiger partial charge is 0.406 e. The second kappa shape index (κ2) is 7.64. The minimum Gasteiger partial charge on any atom is -0.406 e. The average molecular weight is 397 g/mol. The first kappa shape index (κ1) is 20.5. The van der Waals surface area contributed by atoms with Crippen LogP contribution in [0.15, 0.2) is 24.3 Å². The fourth-order valence-electron chi connectivity index (χ4n) is 3.90. The van der Waals surface area contributed by atoms with E-state index in [0.29, 0.717) is 44.3 Å². The number of nitrogens with zero attached hydrogens (tertiary/aromatic N) is 1. The summed E-state index contributed by atoms with van der Waals surface area (Å²) >= 11 is 0. The number of hydrogen-bond donors (Lipinski definition) is 1. The topological polar surface area (TPSA) is 59.0 Å². The number of anilines is 1. The average Bonchev–Trinajstić information content (AvgIpc) is 2.95. The van der Waals surface area contributed by atoms with E-state index in [1.54, 1.807) is 4.90 Å². The molecule has 1 aromatic carbocycles. The molecule has 1 heterocycles. The van der Waals surface area contributed by atoms with Crippen LogP contribution in [-0.2, 0) is 9.53 Å². The molecule has 28 heavy (non-hydrogen) atoms. The third kappa shape index (κ3) is 4.42. The highest BCUT2D eigenvalue weighted by Crippen LogP contribution is 2.48. The lowest BCUT2D eigenvalue weighted by molar-refractivity contribution is -0.274. The van der Waals surface area contributed by atoms with Crippen LogP contribution < -0.4 is 9.64 Å². The second-order valence-corrected chi connectivity index (χ2v) is 7.30. The quantitative estimate of drug-likeness (QED) is 0.796. The van der Waals surface area contributed by atoms with Gasteiger partial charge >= 0.3 is 6.36 Å². The maximum absolute atomic E-state index is 13.0. The van der Waals surface area contributed by atoms with Crippen LogP contribution in [0.5, 0.6) is 5.75 Å². The van der Waals surface area contributed by atoms with Crippen LogP contribution in [0.3, 0.4) is 0 Å². The molecule has 1 amide bonds. The predicted octanol–water partition coefficient (Wildman–Crippen LogP) is 3.26. The Balaban J connectivity index is 1.66. The highest BCUT2D eigenvalue weighted by atomic mass is 19.4. The van der Waals surface area contributed by atoms with E-state index in [2.05, 4.69) is 16.6 Å². The van der Waals surface area contributed by atoms with Crippen molar-refractivity contribution in [3.05, 3.63) is 24.3 Å². The Bertz CT molecular complexity index is 771. The van der Waals surface area contributed by atoms with E-state index < -0.39 is 17.4 Å². The second-order valence-electron chi connectivity index (χ2n) is 7.30. The Hall–Kier alpha value is -2.24. The van der Waals surface area contributed by atoms with Gasteiger partial charge in [-0.25, -0.2) is 0 Å². The molecule has 3 rings (SSSR count). The van der Waals surface area contributed by atoms with Crippen LogP contribution in [0.25, 0.3) is 0 Å². The van der Waals surface area contributed by atoms with Gasteiger partial charge in [-0.1, -0.05) is 11.8 Å². The van der Waals surface area contributed by atoms with Gasteiger partial charge in [-0.2, -0.15) is 0 Å². The normalized spacial score (nSPS) is 27.6. The monoisotopic (exact) mass is 397 g/mol. The van der Waals surface area contributed by atoms with Gasteiger partial charge in [0.15, 0.2) is 0 Å². The molecule has 1 N–H and O–H groups in total. The van der Waals surface area contributed by atoms with Crippen molar-refractivity contribution in [2.75, 3.05) is 25.2 Å². The summed E-state index contributed by atoms with van der Waals surface area (Å²) in [5.41, 5.74) is -1.11. The van der Waals surface area contributed by atoms with Crippen molar-refractivity contribution in [1.29, 1.82) is 0 Å². The van der Waals surface area contributed by atoms with Gasteiger partial charge in [-0.15, -0.1) is 13.2 Å². The third-order valence-corrected chi connectivity index (χ3v) is 5.47. The van der Waals surface area contributed by atoms with E-state index in [1.165, 1.54) is 31.4 Å². The number of carbonyl (C=O) groups is 1. The summed E-state index contributed by atoms with van der Waals surface area (Å²) < 4.78 is 45.6. The number of aliphatic hydroxyl groups is 1. The molecule has 2 aliphatic rings. The first-order valence-corrected chi connectivity index (χ1v) is 9.06. The standard InChI is InChI=1S/C20H22F3NO4/c1-27-14-2-7-19(26)10-8-18(9-11-19)12-13-24(17(18)25)15-3-5-16(6-4-15)28-20(21,22)23/h3-6,26H,8-14H2,1H3/t18-,19+. The summed E-state index contributed by atoms with van der Waals surface area (Å²) in [4.78, 5) is 14.6. The molecule has 2 fully saturated rings. The summed E-state index contributed by atoms with van der Waals surface area (Å²) in [6.07, 6.45) is -2.25. The van der Waals surface area contributed by atoms with Gasteiger partial charge in [-0.3, -0.25) is 4.79 Å². The van der Waals surface area contributed by atoms with E-state index in [4.69, 9.17) is 4.74 Å². The van der Waals surface area contributed by atoms with Crippen molar-refractivity contribution in [1.82, 2.24) is 0 Å². The minimum atomic E-state index is -4.75. The fourth-order valence-corrected chi connectivity index (χ4v) is 3.90. The van der Waals surface area contributed by atoms with Crippen LogP contribution in [0.2, 0.25) is 0 Å². The number of amides is 1. The van der Waals surface area contributed by atoms with Gasteiger partial charge in [-0.05, 0) is 56.4 Å². The highest BCUT2D eigenvalue weighted by Gasteiger charge is 2.51. The van der Waals surface area contributed by atoms with Crippen LogP contribution in [0.1, 0.15) is 32.1 Å². The zero-order chi connectivity index (χ0) is 20.4. The molecule has 8 heteroatoms. The molecule has 1 saturated heterocycles. The summed E-state index contributed by atoms with van der Waals surface area (Å²) in [6.45, 7) is 0.736. The lowest BCUT2D eigenvalue weighted by Gasteiger charge is -2.38. The molecular weight excluding hydrogens is 375 g/mol. The molecule has 0 radical (unpaired) electrons. The van der Waals surface area contributed by atoms with E-state index in [9.17, 15) is 23.1 Å². The van der Waals surface area contributed by atoms with E-state index in [-0.39, 0.29) is 18.3 Å². The predicted molar refractivity (Wildman–Crippen MR) is 95.6 cm³/mol. The molecule has 152 valence electrons. The van der Waals surface area contributed by atoms with Gasteiger partial charge in [0.1, 0.15) is 18.0 Å². The van der Waals surface area contributed by atoms with Crippen LogP contribution in [0, 0.1) is 17.3 Å². The van der Waals surface area contributed by atoms with Crippen molar-refractivity contribution in [2.24, 2.45) is 5.41 Å². The number of methoxy groups -OCH3 is 1. The van der Waals surface area contributed by atoms with Gasteiger partial charge in [0, 0.05) is 19.3 Å². The van der Waals surface area contributed by atoms with Gasteiger partial charge < -0.3 is 19.5 Å². The first-order valence-electron chi connectivity index (χ1n) is 9.06. The van der Waals surface area contributed by atoms with Crippen LogP contribution in [0.4, 0.5) is 18.9 Å². The van der Waals surface area contributed by atoms with Crippen molar-refractivity contribution in [3.8, 4) is 17.6 Å². The van der Waals surface area contributed by atoms with Crippen molar-refractivity contribution in [3.63, 3.8) is 0 Å². The first-order chi connectivity index (χ1) is 13.2. The van der Waals surface area contributed by atoms with Gasteiger partial charge in [0.2, 0.25) is 5.91 Å². The van der Waals surface area contributed by atoms with Gasteiger partial charge in [0.25, 0.3) is 0 Å². The number of halogens is 3. The van der Waals surface area contributed by atoms with E-state index in [0.717, 1.165) is 0 Å². The molecule has 1 aromatic rings. The Morgan fingerprint density at radius 1 is 1.14 bits per heavy atom. The summed E-state index contributed by atoms with van der Waals surface area (Å²) in [7, 11) is 1.53. The number of rotatable bonds is 3. The molecule has 5 nitrogen and oxygen atoms in total.